The number of hydroxylamine groups is 2. The van der Waals surface area contributed by atoms with Crippen LogP contribution < -0.4 is 15.5 Å². The maximum Gasteiger partial charge on any atom is 0.321 e. The number of aliphatic imine (C=N–C) groups is 1. The third-order valence-electron chi connectivity index (χ3n) is 9.52. The number of carboxylic acids is 1. The Morgan fingerprint density at radius 1 is 1.02 bits per heavy atom. The molecule has 0 aliphatic carbocycles. The number of aliphatic hydroxyl groups excluding tert-OH is 2. The van der Waals surface area contributed by atoms with Crippen LogP contribution in [0.15, 0.2) is 98.5 Å². The predicted octanol–water partition coefficient (Wildman–Crippen LogP) is 3.07. The van der Waals surface area contributed by atoms with Crippen molar-refractivity contribution in [2.24, 2.45) is 10.9 Å². The molecule has 4 aromatic rings. The molecule has 15 nitrogen and oxygen atoms in total. The quantitative estimate of drug-likeness (QED) is 0.104. The lowest BCUT2D eigenvalue weighted by atomic mass is 9.99. The van der Waals surface area contributed by atoms with E-state index in [0.29, 0.717) is 17.0 Å². The van der Waals surface area contributed by atoms with E-state index in [1.54, 1.807) is 23.4 Å². The molecular formula is C40H39N3O12. The molecular weight excluding hydrogens is 714 g/mol. The molecule has 1 aromatic heterocycles. The fraction of sp³-hybridized carbons (Fsp3) is 0.300. The summed E-state index contributed by atoms with van der Waals surface area (Å²) in [6, 6.07) is 16.6. The van der Waals surface area contributed by atoms with E-state index < -0.39 is 55.2 Å². The molecule has 7 rings (SSSR count). The molecule has 6 atom stereocenters. The molecule has 3 aliphatic heterocycles. The zero-order valence-electron chi connectivity index (χ0n) is 30.0. The first-order chi connectivity index (χ1) is 26.4. The summed E-state index contributed by atoms with van der Waals surface area (Å²) < 4.78 is 23.5. The van der Waals surface area contributed by atoms with Gasteiger partial charge in [-0.3, -0.25) is 24.2 Å². The molecule has 1 saturated heterocycles. The number of fused-ring (bicyclic) bond motifs is 2. The van der Waals surface area contributed by atoms with E-state index in [4.69, 9.17) is 23.5 Å². The lowest BCUT2D eigenvalue weighted by Crippen LogP contribution is -2.62. The Bertz CT molecular complexity index is 2260. The molecule has 0 bridgehead atoms. The fourth-order valence-corrected chi connectivity index (χ4v) is 6.83. The Balaban J connectivity index is 1.20. The summed E-state index contributed by atoms with van der Waals surface area (Å²) in [4.78, 5) is 48.8. The number of esters is 1. The highest BCUT2D eigenvalue weighted by Crippen LogP contribution is 2.40. The number of aliphatic carboxylic acids is 1. The topological polar surface area (TPSA) is 210 Å². The number of carbonyl (C=O) groups is 2. The summed E-state index contributed by atoms with van der Waals surface area (Å²) in [5, 5.41) is 46.5. The van der Waals surface area contributed by atoms with Crippen LogP contribution in [0.5, 0.6) is 11.5 Å². The SMILES string of the molecule is CNCC(C(=O)O)C(=O)OCC1OC(Oc2ccc3c(=O)c(-c4ccc(O)cc4)coc3c2)C(ON2CC3=CC=NC3=C2c2cc(C)cc(C)c2)C(O)C1O. The number of phenols is 1. The van der Waals surface area contributed by atoms with Gasteiger partial charge in [0.15, 0.2) is 17.5 Å². The number of ether oxygens (including phenoxy) is 3. The van der Waals surface area contributed by atoms with E-state index in [-0.39, 0.29) is 46.6 Å². The van der Waals surface area contributed by atoms with E-state index in [0.717, 1.165) is 22.3 Å². The van der Waals surface area contributed by atoms with Crippen LogP contribution in [-0.2, 0) is 23.9 Å². The maximum atomic E-state index is 13.4. The highest BCUT2D eigenvalue weighted by Gasteiger charge is 2.49. The minimum absolute atomic E-state index is 0.0514. The summed E-state index contributed by atoms with van der Waals surface area (Å²) in [5.41, 5.74) is 5.70. The summed E-state index contributed by atoms with van der Waals surface area (Å²) in [6.07, 6.45) is -2.71. The van der Waals surface area contributed by atoms with E-state index in [2.05, 4.69) is 10.3 Å². The Hall–Kier alpha value is -5.84. The predicted molar refractivity (Wildman–Crippen MR) is 198 cm³/mol. The number of aromatic hydroxyl groups is 1. The summed E-state index contributed by atoms with van der Waals surface area (Å²) in [7, 11) is 1.49. The molecule has 3 aliphatic rings. The monoisotopic (exact) mass is 753 g/mol. The van der Waals surface area contributed by atoms with Crippen molar-refractivity contribution in [2.75, 3.05) is 26.7 Å². The van der Waals surface area contributed by atoms with Gasteiger partial charge in [-0.05, 0) is 68.9 Å². The highest BCUT2D eigenvalue weighted by molar-refractivity contribution is 5.94. The van der Waals surface area contributed by atoms with Gasteiger partial charge in [0, 0.05) is 30.0 Å². The van der Waals surface area contributed by atoms with E-state index in [1.165, 1.54) is 43.6 Å². The van der Waals surface area contributed by atoms with Gasteiger partial charge in [0.1, 0.15) is 48.3 Å². The molecule has 3 aromatic carbocycles. The molecule has 6 unspecified atom stereocenters. The van der Waals surface area contributed by atoms with Gasteiger partial charge in [0.05, 0.1) is 28.9 Å². The number of nitrogens with zero attached hydrogens (tertiary/aromatic N) is 2. The smallest absolute Gasteiger partial charge is 0.321 e. The Morgan fingerprint density at radius 2 is 1.76 bits per heavy atom. The summed E-state index contributed by atoms with van der Waals surface area (Å²) in [5.74, 6) is -3.80. The molecule has 1 fully saturated rings. The number of hydrogen-bond acceptors (Lipinski definition) is 14. The van der Waals surface area contributed by atoms with Gasteiger partial charge in [0.2, 0.25) is 6.29 Å². The molecule has 0 spiro atoms. The zero-order valence-corrected chi connectivity index (χ0v) is 30.0. The maximum absolute atomic E-state index is 13.4. The van der Waals surface area contributed by atoms with Crippen LogP contribution in [-0.4, -0.2) is 101 Å². The van der Waals surface area contributed by atoms with Crippen molar-refractivity contribution in [3.05, 3.63) is 111 Å². The number of hydrogen-bond donors (Lipinski definition) is 5. The third kappa shape index (κ3) is 7.61. The first-order valence-corrected chi connectivity index (χ1v) is 17.5. The fourth-order valence-electron chi connectivity index (χ4n) is 6.83. The first kappa shape index (κ1) is 37.5. The number of nitrogens with one attached hydrogen (secondary N) is 1. The number of allylic oxidation sites excluding steroid dienone is 1. The highest BCUT2D eigenvalue weighted by atomic mass is 16.8. The lowest BCUT2D eigenvalue weighted by Gasteiger charge is -2.43. The van der Waals surface area contributed by atoms with Crippen molar-refractivity contribution in [3.8, 4) is 22.6 Å². The molecule has 0 radical (unpaired) electrons. The van der Waals surface area contributed by atoms with Crippen LogP contribution in [0.3, 0.4) is 0 Å². The number of carboxylic acid groups (broad SMARTS) is 1. The van der Waals surface area contributed by atoms with Gasteiger partial charge in [0.25, 0.3) is 0 Å². The van der Waals surface area contributed by atoms with Gasteiger partial charge in [-0.25, -0.2) is 5.06 Å². The molecule has 55 heavy (non-hydrogen) atoms. The number of phenolic OH excluding ortho intramolecular Hbond substituents is 1. The van der Waals surface area contributed by atoms with Gasteiger partial charge >= 0.3 is 11.9 Å². The second-order valence-corrected chi connectivity index (χ2v) is 13.6. The average Bonchev–Trinajstić information content (AvgIpc) is 3.74. The zero-order chi connectivity index (χ0) is 39.0. The van der Waals surface area contributed by atoms with Crippen molar-refractivity contribution >= 4 is 34.8 Å². The molecule has 4 heterocycles. The third-order valence-corrected chi connectivity index (χ3v) is 9.52. The van der Waals surface area contributed by atoms with Crippen molar-refractivity contribution in [3.63, 3.8) is 0 Å². The summed E-state index contributed by atoms with van der Waals surface area (Å²) in [6.45, 7) is 3.37. The lowest BCUT2D eigenvalue weighted by molar-refractivity contribution is -0.323. The van der Waals surface area contributed by atoms with Crippen molar-refractivity contribution < 1.29 is 53.5 Å². The largest absolute Gasteiger partial charge is 0.508 e. The van der Waals surface area contributed by atoms with E-state index >= 15 is 0 Å². The van der Waals surface area contributed by atoms with Crippen molar-refractivity contribution in [2.45, 2.75) is 44.6 Å². The molecule has 0 saturated carbocycles. The van der Waals surface area contributed by atoms with Crippen LogP contribution >= 0.6 is 0 Å². The Kier molecular flexibility index (Phi) is 10.6. The molecule has 5 N–H and O–H groups in total. The number of aliphatic hydroxyl groups is 2. The van der Waals surface area contributed by atoms with Gasteiger partial charge in [-0.2, -0.15) is 0 Å². The van der Waals surface area contributed by atoms with Crippen molar-refractivity contribution in [1.82, 2.24) is 10.4 Å². The second kappa shape index (κ2) is 15.5. The number of aryl methyl sites for hydroxylation is 2. The van der Waals surface area contributed by atoms with Gasteiger partial charge in [-0.15, -0.1) is 0 Å². The number of rotatable bonds is 12. The molecule has 286 valence electrons. The van der Waals surface area contributed by atoms with Gasteiger partial charge in [-0.1, -0.05) is 29.3 Å². The van der Waals surface area contributed by atoms with Crippen LogP contribution in [0.4, 0.5) is 0 Å². The first-order valence-electron chi connectivity index (χ1n) is 17.5. The van der Waals surface area contributed by atoms with Crippen LogP contribution in [0.2, 0.25) is 0 Å². The van der Waals surface area contributed by atoms with Crippen LogP contribution in [0.1, 0.15) is 16.7 Å². The van der Waals surface area contributed by atoms with E-state index in [9.17, 15) is 34.8 Å². The van der Waals surface area contributed by atoms with Crippen LogP contribution in [0.25, 0.3) is 27.8 Å². The van der Waals surface area contributed by atoms with Crippen molar-refractivity contribution in [1.29, 1.82) is 0 Å². The molecule has 15 heteroatoms. The number of carbonyl (C=O) groups excluding carboxylic acids is 1. The Morgan fingerprint density at radius 3 is 2.47 bits per heavy atom. The second-order valence-electron chi connectivity index (χ2n) is 13.6. The Labute approximate surface area is 314 Å². The molecule has 0 amide bonds. The number of benzene rings is 3. The van der Waals surface area contributed by atoms with Gasteiger partial charge < -0.3 is 44.4 Å². The average molecular weight is 754 g/mol. The normalized spacial score (nSPS) is 22.5. The minimum atomic E-state index is -1.68. The van der Waals surface area contributed by atoms with E-state index in [1.807, 2.05) is 38.1 Å². The minimum Gasteiger partial charge on any atom is -0.508 e. The standard InChI is InChI=1S/C40H39N3O12/c1-20-12-21(2)14-24(13-20)33-32-23(10-11-42-32)17-43(33)55-37-36(47)35(46)31(19-52-39(50)28(16-41-3)38(48)49)54-40(37)53-26-8-9-27-30(15-26)51-18-29(34(27)45)22-4-6-25(44)7-5-22/h4-15,18,28,31,35-37,40-41,44,46-47H,16-17,19H2,1-3H3,(H,48,49). The summed E-state index contributed by atoms with van der Waals surface area (Å²) >= 11 is 0. The van der Waals surface area contributed by atoms with Crippen LogP contribution in [0, 0.1) is 19.8 Å².